The van der Waals surface area contributed by atoms with Crippen molar-refractivity contribution in [1.29, 1.82) is 0 Å². The van der Waals surface area contributed by atoms with Gasteiger partial charge in [0.25, 0.3) is 0 Å². The van der Waals surface area contributed by atoms with Crippen LogP contribution in [0.25, 0.3) is 0 Å². The van der Waals surface area contributed by atoms with Crippen LogP contribution >= 0.6 is 0 Å². The number of likely N-dealkylation sites (tertiary alicyclic amines) is 1. The highest BCUT2D eigenvalue weighted by Crippen LogP contribution is 2.22. The van der Waals surface area contributed by atoms with E-state index >= 15 is 0 Å². The summed E-state index contributed by atoms with van der Waals surface area (Å²) in [6, 6.07) is 0. The SMILES string of the molecule is CCCN1CCC(NCCN(C)C)(C(=O)O)CC1. The highest BCUT2D eigenvalue weighted by molar-refractivity contribution is 5.79. The molecule has 2 N–H and O–H groups in total. The molecule has 18 heavy (non-hydrogen) atoms. The van der Waals surface area contributed by atoms with Crippen LogP contribution in [0.15, 0.2) is 0 Å². The highest BCUT2D eigenvalue weighted by Gasteiger charge is 2.40. The van der Waals surface area contributed by atoms with E-state index in [0.717, 1.165) is 39.1 Å². The molecule has 1 aliphatic rings. The fourth-order valence-electron chi connectivity index (χ4n) is 2.46. The zero-order valence-corrected chi connectivity index (χ0v) is 11.9. The van der Waals surface area contributed by atoms with Gasteiger partial charge in [0, 0.05) is 26.2 Å². The van der Waals surface area contributed by atoms with Gasteiger partial charge in [-0.1, -0.05) is 6.92 Å². The first-order chi connectivity index (χ1) is 8.50. The van der Waals surface area contributed by atoms with Gasteiger partial charge in [-0.15, -0.1) is 0 Å². The van der Waals surface area contributed by atoms with Crippen LogP contribution in [-0.4, -0.2) is 73.2 Å². The summed E-state index contributed by atoms with van der Waals surface area (Å²) in [5.74, 6) is -0.697. The number of nitrogens with one attached hydrogen (secondary N) is 1. The van der Waals surface area contributed by atoms with Crippen LogP contribution in [-0.2, 0) is 4.79 Å². The third-order valence-corrected chi connectivity index (χ3v) is 3.68. The largest absolute Gasteiger partial charge is 0.480 e. The topological polar surface area (TPSA) is 55.8 Å². The van der Waals surface area contributed by atoms with Crippen molar-refractivity contribution in [2.45, 2.75) is 31.7 Å². The first-order valence-corrected chi connectivity index (χ1v) is 6.85. The van der Waals surface area contributed by atoms with E-state index in [1.54, 1.807) is 0 Å². The Balaban J connectivity index is 2.48. The fraction of sp³-hybridized carbons (Fsp3) is 0.923. The second-order valence-corrected chi connectivity index (χ2v) is 5.46. The Morgan fingerprint density at radius 1 is 1.39 bits per heavy atom. The van der Waals surface area contributed by atoms with Crippen LogP contribution in [0.3, 0.4) is 0 Å². The van der Waals surface area contributed by atoms with Gasteiger partial charge in [-0.05, 0) is 39.9 Å². The smallest absolute Gasteiger partial charge is 0.323 e. The number of likely N-dealkylation sites (N-methyl/N-ethyl adjacent to an activating group) is 1. The maximum Gasteiger partial charge on any atom is 0.323 e. The normalized spacial score (nSPS) is 20.2. The van der Waals surface area contributed by atoms with E-state index in [0.29, 0.717) is 12.8 Å². The summed E-state index contributed by atoms with van der Waals surface area (Å²) in [7, 11) is 4.00. The number of aliphatic carboxylic acids is 1. The van der Waals surface area contributed by atoms with Gasteiger partial charge in [0.05, 0.1) is 0 Å². The predicted molar refractivity (Wildman–Crippen MR) is 72.9 cm³/mol. The standard InChI is InChI=1S/C13H27N3O2/c1-4-8-16-9-5-13(6-10-16,12(17)18)14-7-11-15(2)3/h14H,4-11H2,1-3H3,(H,17,18). The number of nitrogens with zero attached hydrogens (tertiary/aromatic N) is 2. The minimum absolute atomic E-state index is 0.697. The summed E-state index contributed by atoms with van der Waals surface area (Å²) in [5.41, 5.74) is -0.708. The Morgan fingerprint density at radius 3 is 2.44 bits per heavy atom. The van der Waals surface area contributed by atoms with Gasteiger partial charge in [-0.2, -0.15) is 0 Å². The van der Waals surface area contributed by atoms with Gasteiger partial charge in [0.15, 0.2) is 0 Å². The van der Waals surface area contributed by atoms with Crippen LogP contribution < -0.4 is 5.32 Å². The van der Waals surface area contributed by atoms with Crippen molar-refractivity contribution in [2.75, 3.05) is 46.8 Å². The number of carboxylic acid groups (broad SMARTS) is 1. The lowest BCUT2D eigenvalue weighted by Crippen LogP contribution is -2.59. The summed E-state index contributed by atoms with van der Waals surface area (Å²) >= 11 is 0. The van der Waals surface area contributed by atoms with Gasteiger partial charge in [0.2, 0.25) is 0 Å². The molecule has 1 saturated heterocycles. The minimum Gasteiger partial charge on any atom is -0.480 e. The molecule has 0 radical (unpaired) electrons. The van der Waals surface area contributed by atoms with Crippen LogP contribution in [0.1, 0.15) is 26.2 Å². The quantitative estimate of drug-likeness (QED) is 0.694. The molecule has 1 aliphatic heterocycles. The molecule has 0 spiro atoms. The zero-order chi connectivity index (χ0) is 13.6. The molecule has 0 saturated carbocycles. The van der Waals surface area contributed by atoms with Gasteiger partial charge < -0.3 is 20.2 Å². The second kappa shape index (κ2) is 7.07. The number of carboxylic acids is 1. The molecule has 0 aliphatic carbocycles. The molecule has 0 bridgehead atoms. The van der Waals surface area contributed by atoms with Crippen molar-refractivity contribution in [3.05, 3.63) is 0 Å². The molecular weight excluding hydrogens is 230 g/mol. The van der Waals surface area contributed by atoms with E-state index in [2.05, 4.69) is 22.0 Å². The third kappa shape index (κ3) is 4.23. The summed E-state index contributed by atoms with van der Waals surface area (Å²) in [6.07, 6.45) is 2.54. The van der Waals surface area contributed by atoms with E-state index in [1.165, 1.54) is 0 Å². The molecule has 0 amide bonds. The van der Waals surface area contributed by atoms with E-state index in [1.807, 2.05) is 14.1 Å². The average molecular weight is 257 g/mol. The highest BCUT2D eigenvalue weighted by atomic mass is 16.4. The van der Waals surface area contributed by atoms with E-state index in [-0.39, 0.29) is 0 Å². The summed E-state index contributed by atoms with van der Waals surface area (Å²) in [4.78, 5) is 15.9. The predicted octanol–water partition coefficient (Wildman–Crippen LogP) is 0.467. The molecule has 0 aromatic carbocycles. The molecule has 106 valence electrons. The monoisotopic (exact) mass is 257 g/mol. The molecule has 1 fully saturated rings. The molecular formula is C13H27N3O2. The third-order valence-electron chi connectivity index (χ3n) is 3.68. The lowest BCUT2D eigenvalue weighted by Gasteiger charge is -2.39. The molecule has 5 heteroatoms. The van der Waals surface area contributed by atoms with Crippen molar-refractivity contribution in [2.24, 2.45) is 0 Å². The van der Waals surface area contributed by atoms with E-state index < -0.39 is 11.5 Å². The zero-order valence-electron chi connectivity index (χ0n) is 11.9. The number of piperidine rings is 1. The number of hydrogen-bond donors (Lipinski definition) is 2. The summed E-state index contributed by atoms with van der Waals surface area (Å²) in [6.45, 7) is 6.60. The molecule has 0 unspecified atom stereocenters. The van der Waals surface area contributed by atoms with Crippen molar-refractivity contribution in [1.82, 2.24) is 15.1 Å². The Kier molecular flexibility index (Phi) is 6.05. The number of hydrogen-bond acceptors (Lipinski definition) is 4. The second-order valence-electron chi connectivity index (χ2n) is 5.46. The van der Waals surface area contributed by atoms with Crippen molar-refractivity contribution < 1.29 is 9.90 Å². The molecule has 1 rings (SSSR count). The molecule has 0 atom stereocenters. The molecule has 0 aromatic heterocycles. The van der Waals surface area contributed by atoms with Crippen molar-refractivity contribution >= 4 is 5.97 Å². The Morgan fingerprint density at radius 2 is 2.00 bits per heavy atom. The lowest BCUT2D eigenvalue weighted by molar-refractivity contribution is -0.147. The van der Waals surface area contributed by atoms with Crippen LogP contribution in [0.2, 0.25) is 0 Å². The van der Waals surface area contributed by atoms with Gasteiger partial charge in [-0.25, -0.2) is 0 Å². The minimum atomic E-state index is -0.708. The Bertz CT molecular complexity index is 261. The van der Waals surface area contributed by atoms with Crippen LogP contribution in [0.4, 0.5) is 0 Å². The van der Waals surface area contributed by atoms with Crippen LogP contribution in [0, 0.1) is 0 Å². The Labute approximate surface area is 110 Å². The first-order valence-electron chi connectivity index (χ1n) is 6.85. The Hall–Kier alpha value is -0.650. The maximum atomic E-state index is 11.5. The van der Waals surface area contributed by atoms with Gasteiger partial charge in [-0.3, -0.25) is 4.79 Å². The average Bonchev–Trinajstić information content (AvgIpc) is 2.31. The van der Waals surface area contributed by atoms with Gasteiger partial charge in [0.1, 0.15) is 5.54 Å². The summed E-state index contributed by atoms with van der Waals surface area (Å²) < 4.78 is 0. The molecule has 1 heterocycles. The van der Waals surface area contributed by atoms with E-state index in [4.69, 9.17) is 0 Å². The summed E-state index contributed by atoms with van der Waals surface area (Å²) in [5, 5.41) is 12.7. The molecule has 5 nitrogen and oxygen atoms in total. The van der Waals surface area contributed by atoms with Gasteiger partial charge >= 0.3 is 5.97 Å². The molecule has 0 aromatic rings. The fourth-order valence-corrected chi connectivity index (χ4v) is 2.46. The van der Waals surface area contributed by atoms with Crippen molar-refractivity contribution in [3.63, 3.8) is 0 Å². The maximum absolute atomic E-state index is 11.5. The lowest BCUT2D eigenvalue weighted by atomic mass is 9.87. The first kappa shape index (κ1) is 15.4. The number of rotatable bonds is 7. The number of carbonyl (C=O) groups is 1. The van der Waals surface area contributed by atoms with Crippen molar-refractivity contribution in [3.8, 4) is 0 Å². The van der Waals surface area contributed by atoms with Crippen LogP contribution in [0.5, 0.6) is 0 Å². The van der Waals surface area contributed by atoms with E-state index in [9.17, 15) is 9.90 Å².